The lowest BCUT2D eigenvalue weighted by Crippen LogP contribution is -2.26. The van der Waals surface area contributed by atoms with Crippen LogP contribution < -0.4 is 10.1 Å². The zero-order valence-corrected chi connectivity index (χ0v) is 22.4. The van der Waals surface area contributed by atoms with Crippen LogP contribution in [0.15, 0.2) is 66.7 Å². The van der Waals surface area contributed by atoms with Gasteiger partial charge in [0, 0.05) is 28.7 Å². The predicted octanol–water partition coefficient (Wildman–Crippen LogP) is 6.23. The molecule has 0 aliphatic heterocycles. The number of nitrogens with zero attached hydrogens (tertiary/aromatic N) is 1. The summed E-state index contributed by atoms with van der Waals surface area (Å²) in [6.45, 7) is 6.75. The summed E-state index contributed by atoms with van der Waals surface area (Å²) < 4.78 is 12.5. The number of rotatable bonds is 9. The molecule has 4 aromatic rings. The third-order valence-corrected chi connectivity index (χ3v) is 7.53. The molecule has 1 aromatic heterocycles. The highest BCUT2D eigenvalue weighted by Gasteiger charge is 2.24. The van der Waals surface area contributed by atoms with Crippen LogP contribution in [-0.4, -0.2) is 30.2 Å². The third kappa shape index (κ3) is 5.44. The highest BCUT2D eigenvalue weighted by molar-refractivity contribution is 5.99. The molecule has 5 rings (SSSR count). The number of carbonyl (C=O) groups is 2. The first kappa shape index (κ1) is 25.6. The molecule has 1 N–H and O–H groups in total. The fraction of sp³-hybridized carbons (Fsp3) is 0.312. The van der Waals surface area contributed by atoms with Crippen LogP contribution in [0.2, 0.25) is 0 Å². The van der Waals surface area contributed by atoms with Gasteiger partial charge in [0.25, 0.3) is 5.91 Å². The van der Waals surface area contributed by atoms with Crippen LogP contribution in [0.5, 0.6) is 5.75 Å². The summed E-state index contributed by atoms with van der Waals surface area (Å²) in [4.78, 5) is 24.6. The standard InChI is InChI=1S/C32H34N2O4/c1-20-22(3)34(18-23-7-5-10-28(15-23)38-19-31(35)37-4)30-14-13-27(17-29(20)30)32(36)33-21(2)25-8-6-9-26(16-25)24-11-12-24/h5-10,13-17,21,24H,11-12,18-19H2,1-4H3,(H,33,36). The van der Waals surface area contributed by atoms with Crippen LogP contribution >= 0.6 is 0 Å². The van der Waals surface area contributed by atoms with Crippen molar-refractivity contribution in [2.75, 3.05) is 13.7 Å². The number of aromatic nitrogens is 1. The molecule has 196 valence electrons. The monoisotopic (exact) mass is 510 g/mol. The Balaban J connectivity index is 1.34. The summed E-state index contributed by atoms with van der Waals surface area (Å²) in [5.41, 5.74) is 7.58. The van der Waals surface area contributed by atoms with Gasteiger partial charge in [-0.1, -0.05) is 36.4 Å². The summed E-state index contributed by atoms with van der Waals surface area (Å²) in [6, 6.07) is 22.2. The first-order valence-electron chi connectivity index (χ1n) is 13.1. The number of methoxy groups -OCH3 is 1. The van der Waals surface area contributed by atoms with Gasteiger partial charge >= 0.3 is 5.97 Å². The third-order valence-electron chi connectivity index (χ3n) is 7.53. The molecule has 1 fully saturated rings. The van der Waals surface area contributed by atoms with Crippen molar-refractivity contribution in [3.8, 4) is 5.75 Å². The van der Waals surface area contributed by atoms with Gasteiger partial charge in [-0.3, -0.25) is 4.79 Å². The van der Waals surface area contributed by atoms with Crippen LogP contribution in [0.1, 0.15) is 70.0 Å². The maximum Gasteiger partial charge on any atom is 0.343 e. The summed E-state index contributed by atoms with van der Waals surface area (Å²) in [5, 5.41) is 4.25. The van der Waals surface area contributed by atoms with Gasteiger partial charge in [-0.25, -0.2) is 4.79 Å². The Hall–Kier alpha value is -4.06. The average Bonchev–Trinajstić information content (AvgIpc) is 3.76. The molecule has 1 aliphatic carbocycles. The summed E-state index contributed by atoms with van der Waals surface area (Å²) in [6.07, 6.45) is 2.52. The Morgan fingerprint density at radius 2 is 1.82 bits per heavy atom. The number of benzene rings is 3. The van der Waals surface area contributed by atoms with Crippen molar-refractivity contribution in [2.24, 2.45) is 0 Å². The van der Waals surface area contributed by atoms with E-state index in [1.165, 1.54) is 25.5 Å². The molecule has 0 saturated heterocycles. The van der Waals surface area contributed by atoms with Gasteiger partial charge in [-0.05, 0) is 92.1 Å². The quantitative estimate of drug-likeness (QED) is 0.271. The Bertz CT molecular complexity index is 1500. The van der Waals surface area contributed by atoms with Crippen LogP contribution in [0.3, 0.4) is 0 Å². The van der Waals surface area contributed by atoms with Crippen LogP contribution in [0.25, 0.3) is 10.9 Å². The lowest BCUT2D eigenvalue weighted by atomic mass is 10.0. The van der Waals surface area contributed by atoms with Gasteiger partial charge < -0.3 is 19.4 Å². The minimum atomic E-state index is -0.417. The van der Waals surface area contributed by atoms with Gasteiger partial charge in [0.2, 0.25) is 0 Å². The van der Waals surface area contributed by atoms with Gasteiger partial charge in [-0.2, -0.15) is 0 Å². The van der Waals surface area contributed by atoms with E-state index in [0.29, 0.717) is 23.8 Å². The molecule has 1 unspecified atom stereocenters. The van der Waals surface area contributed by atoms with E-state index in [2.05, 4.69) is 52.7 Å². The van der Waals surface area contributed by atoms with Crippen molar-refractivity contribution < 1.29 is 19.1 Å². The molecular weight excluding hydrogens is 476 g/mol. The van der Waals surface area contributed by atoms with E-state index < -0.39 is 5.97 Å². The molecule has 1 saturated carbocycles. The second-order valence-electron chi connectivity index (χ2n) is 10.2. The molecule has 38 heavy (non-hydrogen) atoms. The lowest BCUT2D eigenvalue weighted by Gasteiger charge is -2.16. The van der Waals surface area contributed by atoms with Gasteiger partial charge in [-0.15, -0.1) is 0 Å². The van der Waals surface area contributed by atoms with Gasteiger partial charge in [0.1, 0.15) is 5.75 Å². The number of nitrogens with one attached hydrogen (secondary N) is 1. The second-order valence-corrected chi connectivity index (χ2v) is 10.2. The van der Waals surface area contributed by atoms with Crippen molar-refractivity contribution in [2.45, 2.75) is 52.1 Å². The molecule has 1 heterocycles. The summed E-state index contributed by atoms with van der Waals surface area (Å²) in [7, 11) is 1.34. The molecule has 0 radical (unpaired) electrons. The number of hydrogen-bond acceptors (Lipinski definition) is 4. The molecule has 0 bridgehead atoms. The Kier molecular flexibility index (Phi) is 7.23. The molecule has 3 aromatic carbocycles. The topological polar surface area (TPSA) is 69.6 Å². The molecule has 1 aliphatic rings. The van der Waals surface area contributed by atoms with Gasteiger partial charge in [0.15, 0.2) is 6.61 Å². The molecule has 0 spiro atoms. The van der Waals surface area contributed by atoms with Crippen LogP contribution in [0.4, 0.5) is 0 Å². The van der Waals surface area contributed by atoms with Crippen molar-refractivity contribution >= 4 is 22.8 Å². The zero-order valence-electron chi connectivity index (χ0n) is 22.4. The summed E-state index contributed by atoms with van der Waals surface area (Å²) in [5.74, 6) is 0.815. The van der Waals surface area contributed by atoms with Crippen molar-refractivity contribution in [1.29, 1.82) is 0 Å². The smallest absolute Gasteiger partial charge is 0.343 e. The molecule has 1 amide bonds. The second kappa shape index (κ2) is 10.7. The van der Waals surface area contributed by atoms with E-state index in [0.717, 1.165) is 33.3 Å². The fourth-order valence-electron chi connectivity index (χ4n) is 4.97. The average molecular weight is 511 g/mol. The molecule has 6 nitrogen and oxygen atoms in total. The van der Waals surface area contributed by atoms with Gasteiger partial charge in [0.05, 0.1) is 13.2 Å². The van der Waals surface area contributed by atoms with Crippen LogP contribution in [-0.2, 0) is 16.1 Å². The maximum absolute atomic E-state index is 13.2. The largest absolute Gasteiger partial charge is 0.482 e. The first-order valence-corrected chi connectivity index (χ1v) is 13.1. The highest BCUT2D eigenvalue weighted by Crippen LogP contribution is 2.40. The minimum absolute atomic E-state index is 0.0713. The number of amides is 1. The Morgan fingerprint density at radius 1 is 1.03 bits per heavy atom. The first-order chi connectivity index (χ1) is 18.3. The predicted molar refractivity (Wildman–Crippen MR) is 149 cm³/mol. The fourth-order valence-corrected chi connectivity index (χ4v) is 4.97. The SMILES string of the molecule is COC(=O)COc1cccc(Cn2c(C)c(C)c3cc(C(=O)NC(C)c4cccc(C5CC5)c4)ccc32)c1. The summed E-state index contributed by atoms with van der Waals surface area (Å²) >= 11 is 0. The highest BCUT2D eigenvalue weighted by atomic mass is 16.6. The van der Waals surface area contributed by atoms with Crippen molar-refractivity contribution in [3.05, 3.63) is 100 Å². The van der Waals surface area contributed by atoms with E-state index in [9.17, 15) is 9.59 Å². The molecule has 1 atom stereocenters. The number of hydrogen-bond donors (Lipinski definition) is 1. The Morgan fingerprint density at radius 3 is 2.58 bits per heavy atom. The molecular formula is C32H34N2O4. The number of carbonyl (C=O) groups excluding carboxylic acids is 2. The number of fused-ring (bicyclic) bond motifs is 1. The van der Waals surface area contributed by atoms with E-state index >= 15 is 0 Å². The number of ether oxygens (including phenoxy) is 2. The minimum Gasteiger partial charge on any atom is -0.482 e. The number of aryl methyl sites for hydroxylation is 1. The maximum atomic E-state index is 13.2. The Labute approximate surface area is 223 Å². The van der Waals surface area contributed by atoms with E-state index in [-0.39, 0.29) is 18.6 Å². The molecule has 6 heteroatoms. The van der Waals surface area contributed by atoms with E-state index in [1.54, 1.807) is 0 Å². The zero-order chi connectivity index (χ0) is 26.8. The van der Waals surface area contributed by atoms with Crippen molar-refractivity contribution in [3.63, 3.8) is 0 Å². The number of esters is 1. The van der Waals surface area contributed by atoms with Crippen molar-refractivity contribution in [1.82, 2.24) is 9.88 Å². The van der Waals surface area contributed by atoms with E-state index in [1.807, 2.05) is 49.4 Å². The normalized spacial score (nSPS) is 13.8. The van der Waals surface area contributed by atoms with E-state index in [4.69, 9.17) is 4.74 Å². The lowest BCUT2D eigenvalue weighted by molar-refractivity contribution is -0.142. The van der Waals surface area contributed by atoms with Crippen LogP contribution in [0, 0.1) is 13.8 Å².